The van der Waals surface area contributed by atoms with Gasteiger partial charge in [0.2, 0.25) is 5.91 Å². The highest BCUT2D eigenvalue weighted by Crippen LogP contribution is 2.30. The molecule has 0 spiro atoms. The molecule has 2 saturated heterocycles. The fourth-order valence-electron chi connectivity index (χ4n) is 3.39. The lowest BCUT2D eigenvalue weighted by Gasteiger charge is -2.22. The Morgan fingerprint density at radius 3 is 2.54 bits per heavy atom. The lowest BCUT2D eigenvalue weighted by molar-refractivity contribution is -0.117. The van der Waals surface area contributed by atoms with Gasteiger partial charge in [-0.05, 0) is 25.0 Å². The minimum atomic E-state index is -4.63. The SMILES string of the molecule is O=C(c1ccccc1N1CC(CS(=O)(=O)F)CC1=O)N1CCCC1. The minimum Gasteiger partial charge on any atom is -0.339 e. The second-order valence-corrected chi connectivity index (χ2v) is 7.71. The maximum atomic E-state index is 12.9. The highest BCUT2D eigenvalue weighted by Gasteiger charge is 2.35. The summed E-state index contributed by atoms with van der Waals surface area (Å²) in [7, 11) is -4.63. The molecule has 0 saturated carbocycles. The Bertz CT molecular complexity index is 759. The van der Waals surface area contributed by atoms with Gasteiger partial charge in [0.15, 0.2) is 0 Å². The second kappa shape index (κ2) is 6.51. The Labute approximate surface area is 140 Å². The van der Waals surface area contributed by atoms with E-state index < -0.39 is 21.9 Å². The molecule has 0 radical (unpaired) electrons. The molecule has 6 nitrogen and oxygen atoms in total. The zero-order chi connectivity index (χ0) is 17.3. The van der Waals surface area contributed by atoms with E-state index >= 15 is 0 Å². The first-order valence-corrected chi connectivity index (χ1v) is 9.51. The zero-order valence-corrected chi connectivity index (χ0v) is 14.0. The largest absolute Gasteiger partial charge is 0.339 e. The molecule has 3 rings (SSSR count). The van der Waals surface area contributed by atoms with Crippen LogP contribution < -0.4 is 4.90 Å². The molecule has 0 aromatic heterocycles. The van der Waals surface area contributed by atoms with Crippen LogP contribution in [0.2, 0.25) is 0 Å². The van der Waals surface area contributed by atoms with Crippen molar-refractivity contribution < 1.29 is 21.9 Å². The number of para-hydroxylation sites is 1. The fraction of sp³-hybridized carbons (Fsp3) is 0.500. The molecule has 1 aromatic carbocycles. The van der Waals surface area contributed by atoms with Crippen LogP contribution in [0.25, 0.3) is 0 Å². The monoisotopic (exact) mass is 354 g/mol. The second-order valence-electron chi connectivity index (χ2n) is 6.30. The summed E-state index contributed by atoms with van der Waals surface area (Å²) >= 11 is 0. The van der Waals surface area contributed by atoms with Crippen LogP contribution >= 0.6 is 0 Å². The van der Waals surface area contributed by atoms with Gasteiger partial charge in [-0.2, -0.15) is 8.42 Å². The normalized spacial score (nSPS) is 21.5. The van der Waals surface area contributed by atoms with E-state index in [0.29, 0.717) is 24.3 Å². The van der Waals surface area contributed by atoms with Crippen molar-refractivity contribution in [3.05, 3.63) is 29.8 Å². The Kier molecular flexibility index (Phi) is 4.58. The van der Waals surface area contributed by atoms with Gasteiger partial charge in [0.25, 0.3) is 5.91 Å². The number of carbonyl (C=O) groups excluding carboxylic acids is 2. The molecule has 2 aliphatic heterocycles. The molecule has 2 heterocycles. The molecule has 2 aliphatic rings. The third-order valence-corrected chi connectivity index (χ3v) is 5.33. The van der Waals surface area contributed by atoms with Crippen molar-refractivity contribution in [3.8, 4) is 0 Å². The van der Waals surface area contributed by atoms with Gasteiger partial charge in [0.1, 0.15) is 0 Å². The van der Waals surface area contributed by atoms with Gasteiger partial charge in [-0.15, -0.1) is 3.89 Å². The third kappa shape index (κ3) is 3.58. The highest BCUT2D eigenvalue weighted by atomic mass is 32.3. The fourth-order valence-corrected chi connectivity index (χ4v) is 4.17. The number of rotatable bonds is 4. The van der Waals surface area contributed by atoms with E-state index in [1.807, 2.05) is 0 Å². The molecule has 24 heavy (non-hydrogen) atoms. The maximum Gasteiger partial charge on any atom is 0.302 e. The van der Waals surface area contributed by atoms with Crippen molar-refractivity contribution in [3.63, 3.8) is 0 Å². The summed E-state index contributed by atoms with van der Waals surface area (Å²) in [5.41, 5.74) is 0.898. The lowest BCUT2D eigenvalue weighted by atomic mass is 10.1. The van der Waals surface area contributed by atoms with Crippen LogP contribution in [0, 0.1) is 5.92 Å². The summed E-state index contributed by atoms with van der Waals surface area (Å²) in [6, 6.07) is 6.80. The summed E-state index contributed by atoms with van der Waals surface area (Å²) in [5, 5.41) is 0. The van der Waals surface area contributed by atoms with Crippen molar-refractivity contribution in [1.29, 1.82) is 0 Å². The van der Waals surface area contributed by atoms with E-state index in [9.17, 15) is 21.9 Å². The first-order valence-electron chi connectivity index (χ1n) is 7.96. The zero-order valence-electron chi connectivity index (χ0n) is 13.2. The number of hydrogen-bond donors (Lipinski definition) is 0. The van der Waals surface area contributed by atoms with E-state index in [4.69, 9.17) is 0 Å². The van der Waals surface area contributed by atoms with Crippen LogP contribution in [0.4, 0.5) is 9.57 Å². The quantitative estimate of drug-likeness (QED) is 0.770. The molecule has 2 fully saturated rings. The van der Waals surface area contributed by atoms with Crippen LogP contribution in [0.15, 0.2) is 24.3 Å². The lowest BCUT2D eigenvalue weighted by Crippen LogP contribution is -2.32. The maximum absolute atomic E-state index is 12.9. The number of amides is 2. The Hall–Kier alpha value is -1.96. The average Bonchev–Trinajstić information content (AvgIpc) is 3.15. The van der Waals surface area contributed by atoms with E-state index in [0.717, 1.165) is 12.8 Å². The molecule has 0 bridgehead atoms. The Balaban J connectivity index is 1.84. The number of benzene rings is 1. The van der Waals surface area contributed by atoms with Crippen LogP contribution in [0.3, 0.4) is 0 Å². The van der Waals surface area contributed by atoms with Crippen molar-refractivity contribution in [2.24, 2.45) is 5.92 Å². The summed E-state index contributed by atoms with van der Waals surface area (Å²) in [5.74, 6) is -1.68. The van der Waals surface area contributed by atoms with Gasteiger partial charge in [-0.3, -0.25) is 9.59 Å². The van der Waals surface area contributed by atoms with Crippen molar-refractivity contribution >= 4 is 27.7 Å². The van der Waals surface area contributed by atoms with Gasteiger partial charge in [-0.1, -0.05) is 12.1 Å². The number of hydrogen-bond acceptors (Lipinski definition) is 4. The smallest absolute Gasteiger partial charge is 0.302 e. The summed E-state index contributed by atoms with van der Waals surface area (Å²) in [4.78, 5) is 28.1. The van der Waals surface area contributed by atoms with Gasteiger partial charge in [-0.25, -0.2) is 0 Å². The summed E-state index contributed by atoms with van der Waals surface area (Å²) < 4.78 is 34.5. The van der Waals surface area contributed by atoms with E-state index in [1.165, 1.54) is 4.90 Å². The topological polar surface area (TPSA) is 74.8 Å². The minimum absolute atomic E-state index is 0.0324. The molecular formula is C16H19FN2O4S. The molecule has 2 amide bonds. The van der Waals surface area contributed by atoms with Gasteiger partial charge < -0.3 is 9.80 Å². The van der Waals surface area contributed by atoms with Gasteiger partial charge in [0.05, 0.1) is 17.0 Å². The van der Waals surface area contributed by atoms with E-state index in [2.05, 4.69) is 0 Å². The molecular weight excluding hydrogens is 335 g/mol. The van der Waals surface area contributed by atoms with E-state index in [1.54, 1.807) is 29.2 Å². The molecule has 1 unspecified atom stereocenters. The summed E-state index contributed by atoms with van der Waals surface area (Å²) in [6.45, 7) is 1.50. The number of halogens is 1. The molecule has 1 atom stereocenters. The first kappa shape index (κ1) is 16.9. The Morgan fingerprint density at radius 1 is 1.21 bits per heavy atom. The number of likely N-dealkylation sites (tertiary alicyclic amines) is 1. The predicted molar refractivity (Wildman–Crippen MR) is 86.9 cm³/mol. The van der Waals surface area contributed by atoms with Crippen LogP contribution in [0.1, 0.15) is 29.6 Å². The number of anilines is 1. The first-order chi connectivity index (χ1) is 11.3. The van der Waals surface area contributed by atoms with Crippen LogP contribution in [0.5, 0.6) is 0 Å². The highest BCUT2D eigenvalue weighted by molar-refractivity contribution is 7.86. The number of nitrogens with zero attached hydrogens (tertiary/aromatic N) is 2. The Morgan fingerprint density at radius 2 is 1.88 bits per heavy atom. The molecule has 8 heteroatoms. The molecule has 130 valence electrons. The van der Waals surface area contributed by atoms with Crippen molar-refractivity contribution in [2.45, 2.75) is 19.3 Å². The van der Waals surface area contributed by atoms with E-state index in [-0.39, 0.29) is 24.8 Å². The standard InChI is InChI=1S/C16H19FN2O4S/c17-24(22,23)11-12-9-15(20)19(10-12)14-6-2-1-5-13(14)16(21)18-7-3-4-8-18/h1-2,5-6,12H,3-4,7-11H2. The third-order valence-electron chi connectivity index (χ3n) is 4.46. The van der Waals surface area contributed by atoms with Crippen LogP contribution in [-0.2, 0) is 15.0 Å². The van der Waals surface area contributed by atoms with Gasteiger partial charge >= 0.3 is 10.2 Å². The number of carbonyl (C=O) groups is 2. The molecule has 1 aromatic rings. The van der Waals surface area contributed by atoms with Crippen molar-refractivity contribution in [2.75, 3.05) is 30.3 Å². The summed E-state index contributed by atoms with van der Waals surface area (Å²) in [6.07, 6.45) is 1.90. The van der Waals surface area contributed by atoms with Crippen molar-refractivity contribution in [1.82, 2.24) is 4.90 Å². The molecule has 0 N–H and O–H groups in total. The van der Waals surface area contributed by atoms with Gasteiger partial charge in [0, 0.05) is 32.0 Å². The van der Waals surface area contributed by atoms with Crippen LogP contribution in [-0.4, -0.2) is 50.5 Å². The average molecular weight is 354 g/mol. The molecule has 0 aliphatic carbocycles. The predicted octanol–water partition coefficient (Wildman–Crippen LogP) is 1.57.